The molecule has 5 nitrogen and oxygen atoms in total. The summed E-state index contributed by atoms with van der Waals surface area (Å²) in [4.78, 5) is 23.8. The molecule has 0 heterocycles. The number of anilines is 1. The van der Waals surface area contributed by atoms with Gasteiger partial charge in [0, 0.05) is 13.6 Å². The molecule has 0 saturated carbocycles. The van der Waals surface area contributed by atoms with Gasteiger partial charge in [0.1, 0.15) is 0 Å². The number of nitrogens with zero attached hydrogens (tertiary/aromatic N) is 1. The number of aromatic carboxylic acids is 1. The number of amides is 2. The molecular weight excluding hydrogens is 277 g/mol. The lowest BCUT2D eigenvalue weighted by molar-refractivity contribution is -0.137. The molecule has 0 aliphatic heterocycles. The molecule has 2 N–H and O–H groups in total. The minimum absolute atomic E-state index is 0.327. The number of rotatable bonds is 3. The molecule has 0 fully saturated rings. The number of carbonyl (C=O) groups is 2. The normalized spacial score (nSPS) is 11.1. The maximum Gasteiger partial charge on any atom is 0.416 e. The Morgan fingerprint density at radius 2 is 1.95 bits per heavy atom. The van der Waals surface area contributed by atoms with Gasteiger partial charge in [0.2, 0.25) is 0 Å². The van der Waals surface area contributed by atoms with Crippen molar-refractivity contribution in [2.24, 2.45) is 0 Å². The summed E-state index contributed by atoms with van der Waals surface area (Å²) in [6.07, 6.45) is -4.62. The van der Waals surface area contributed by atoms with Crippen LogP contribution in [0.4, 0.5) is 23.7 Å². The number of hydrogen-bond acceptors (Lipinski definition) is 2. The molecular formula is C12H13F3N2O3. The fourth-order valence-corrected chi connectivity index (χ4v) is 1.36. The topological polar surface area (TPSA) is 69.6 Å². The van der Waals surface area contributed by atoms with Crippen molar-refractivity contribution in [3.63, 3.8) is 0 Å². The van der Waals surface area contributed by atoms with E-state index in [1.165, 1.54) is 11.9 Å². The van der Waals surface area contributed by atoms with Crippen molar-refractivity contribution in [1.29, 1.82) is 0 Å². The summed E-state index contributed by atoms with van der Waals surface area (Å²) in [7, 11) is 1.43. The van der Waals surface area contributed by atoms with E-state index < -0.39 is 35.0 Å². The van der Waals surface area contributed by atoms with Gasteiger partial charge in [-0.2, -0.15) is 13.2 Å². The first kappa shape index (κ1) is 15.8. The number of urea groups is 1. The van der Waals surface area contributed by atoms with E-state index in [9.17, 15) is 22.8 Å². The van der Waals surface area contributed by atoms with E-state index in [0.29, 0.717) is 18.7 Å². The van der Waals surface area contributed by atoms with Crippen LogP contribution in [0.3, 0.4) is 0 Å². The summed E-state index contributed by atoms with van der Waals surface area (Å²) in [6, 6.07) is 1.38. The fraction of sp³-hybridized carbons (Fsp3) is 0.333. The van der Waals surface area contributed by atoms with Crippen LogP contribution in [0.5, 0.6) is 0 Å². The Bertz CT molecular complexity index is 529. The van der Waals surface area contributed by atoms with E-state index in [4.69, 9.17) is 5.11 Å². The standard InChI is InChI=1S/C12H13F3N2O3/c1-3-17(2)11(20)16-9-6-7(12(13,14)15)4-5-8(9)10(18)19/h4-6H,3H2,1-2H3,(H,16,20)(H,18,19). The zero-order valence-electron chi connectivity index (χ0n) is 10.8. The van der Waals surface area contributed by atoms with E-state index in [1.807, 2.05) is 0 Å². The largest absolute Gasteiger partial charge is 0.478 e. The van der Waals surface area contributed by atoms with Crippen molar-refractivity contribution in [1.82, 2.24) is 4.90 Å². The summed E-state index contributed by atoms with van der Waals surface area (Å²) in [5.41, 5.74) is -1.83. The summed E-state index contributed by atoms with van der Waals surface area (Å²) in [5.74, 6) is -1.42. The fourth-order valence-electron chi connectivity index (χ4n) is 1.36. The molecule has 0 aliphatic carbocycles. The van der Waals surface area contributed by atoms with Crippen LogP contribution >= 0.6 is 0 Å². The first-order valence-corrected chi connectivity index (χ1v) is 5.63. The Balaban J connectivity index is 3.19. The van der Waals surface area contributed by atoms with Crippen molar-refractivity contribution in [3.05, 3.63) is 29.3 Å². The van der Waals surface area contributed by atoms with Crippen molar-refractivity contribution in [2.75, 3.05) is 18.9 Å². The highest BCUT2D eigenvalue weighted by Crippen LogP contribution is 2.32. The molecule has 0 atom stereocenters. The molecule has 0 bridgehead atoms. The van der Waals surface area contributed by atoms with Crippen LogP contribution < -0.4 is 5.32 Å². The quantitative estimate of drug-likeness (QED) is 0.899. The van der Waals surface area contributed by atoms with Crippen LogP contribution in [-0.2, 0) is 6.18 Å². The Hall–Kier alpha value is -2.25. The van der Waals surface area contributed by atoms with Crippen LogP contribution in [0, 0.1) is 0 Å². The van der Waals surface area contributed by atoms with Gasteiger partial charge in [-0.1, -0.05) is 0 Å². The van der Waals surface area contributed by atoms with Gasteiger partial charge in [-0.3, -0.25) is 0 Å². The summed E-state index contributed by atoms with van der Waals surface area (Å²) < 4.78 is 37.8. The molecule has 110 valence electrons. The van der Waals surface area contributed by atoms with Crippen molar-refractivity contribution >= 4 is 17.7 Å². The average Bonchev–Trinajstić information content (AvgIpc) is 2.36. The second-order valence-corrected chi connectivity index (χ2v) is 4.01. The van der Waals surface area contributed by atoms with Crippen LogP contribution in [0.1, 0.15) is 22.8 Å². The average molecular weight is 290 g/mol. The first-order valence-electron chi connectivity index (χ1n) is 5.63. The molecule has 0 saturated heterocycles. The van der Waals surface area contributed by atoms with Gasteiger partial charge in [-0.25, -0.2) is 9.59 Å². The van der Waals surface area contributed by atoms with E-state index in [0.717, 1.165) is 6.07 Å². The molecule has 0 radical (unpaired) electrons. The molecule has 0 unspecified atom stereocenters. The Labute approximate surface area is 113 Å². The number of carbonyl (C=O) groups excluding carboxylic acids is 1. The third-order valence-electron chi connectivity index (χ3n) is 2.64. The molecule has 0 aromatic heterocycles. The maximum atomic E-state index is 12.6. The number of hydrogen-bond donors (Lipinski definition) is 2. The van der Waals surface area contributed by atoms with E-state index >= 15 is 0 Å². The van der Waals surface area contributed by atoms with Gasteiger partial charge >= 0.3 is 18.2 Å². The predicted molar refractivity (Wildman–Crippen MR) is 65.7 cm³/mol. The maximum absolute atomic E-state index is 12.6. The lowest BCUT2D eigenvalue weighted by atomic mass is 10.1. The van der Waals surface area contributed by atoms with Gasteiger partial charge in [0.15, 0.2) is 0 Å². The smallest absolute Gasteiger partial charge is 0.416 e. The molecule has 1 rings (SSSR count). The minimum Gasteiger partial charge on any atom is -0.478 e. The third-order valence-corrected chi connectivity index (χ3v) is 2.64. The minimum atomic E-state index is -4.62. The summed E-state index contributed by atoms with van der Waals surface area (Å²) >= 11 is 0. The van der Waals surface area contributed by atoms with Crippen molar-refractivity contribution < 1.29 is 27.9 Å². The van der Waals surface area contributed by atoms with Gasteiger partial charge < -0.3 is 15.3 Å². The molecule has 2 amide bonds. The van der Waals surface area contributed by atoms with Gasteiger partial charge in [0.05, 0.1) is 16.8 Å². The third kappa shape index (κ3) is 3.62. The number of nitrogens with one attached hydrogen (secondary N) is 1. The monoisotopic (exact) mass is 290 g/mol. The number of benzene rings is 1. The molecule has 1 aromatic carbocycles. The highest BCUT2D eigenvalue weighted by Gasteiger charge is 2.31. The predicted octanol–water partition coefficient (Wildman–Crippen LogP) is 2.89. The molecule has 0 spiro atoms. The molecule has 1 aromatic rings. The van der Waals surface area contributed by atoms with E-state index in [1.54, 1.807) is 6.92 Å². The van der Waals surface area contributed by atoms with Crippen LogP contribution in [0.15, 0.2) is 18.2 Å². The highest BCUT2D eigenvalue weighted by atomic mass is 19.4. The van der Waals surface area contributed by atoms with Crippen molar-refractivity contribution in [2.45, 2.75) is 13.1 Å². The highest BCUT2D eigenvalue weighted by molar-refractivity contribution is 6.00. The molecule has 20 heavy (non-hydrogen) atoms. The number of halogens is 3. The lowest BCUT2D eigenvalue weighted by Crippen LogP contribution is -2.31. The van der Waals surface area contributed by atoms with Gasteiger partial charge in [-0.05, 0) is 25.1 Å². The van der Waals surface area contributed by atoms with Crippen LogP contribution in [-0.4, -0.2) is 35.6 Å². The van der Waals surface area contributed by atoms with Crippen molar-refractivity contribution in [3.8, 4) is 0 Å². The SMILES string of the molecule is CCN(C)C(=O)Nc1cc(C(F)(F)F)ccc1C(=O)O. The number of carboxylic acids is 1. The molecule has 0 aliphatic rings. The zero-order chi connectivity index (χ0) is 15.5. The van der Waals surface area contributed by atoms with E-state index in [2.05, 4.69) is 5.32 Å². The number of carboxylic acid groups (broad SMARTS) is 1. The van der Waals surface area contributed by atoms with Gasteiger partial charge in [0.25, 0.3) is 0 Å². The summed E-state index contributed by atoms with van der Waals surface area (Å²) in [6.45, 7) is 2.00. The van der Waals surface area contributed by atoms with Crippen LogP contribution in [0.2, 0.25) is 0 Å². The van der Waals surface area contributed by atoms with E-state index in [-0.39, 0.29) is 0 Å². The second-order valence-electron chi connectivity index (χ2n) is 4.01. The Kier molecular flexibility index (Phi) is 4.59. The Morgan fingerprint density at radius 1 is 1.35 bits per heavy atom. The summed E-state index contributed by atoms with van der Waals surface area (Å²) in [5, 5.41) is 11.1. The molecule has 8 heteroatoms. The van der Waals surface area contributed by atoms with Crippen LogP contribution in [0.25, 0.3) is 0 Å². The zero-order valence-corrected chi connectivity index (χ0v) is 10.8. The lowest BCUT2D eigenvalue weighted by Gasteiger charge is -2.17. The second kappa shape index (κ2) is 5.81. The Morgan fingerprint density at radius 3 is 2.40 bits per heavy atom. The van der Waals surface area contributed by atoms with Gasteiger partial charge in [-0.15, -0.1) is 0 Å². The number of alkyl halides is 3. The first-order chi connectivity index (χ1) is 9.16.